The Hall–Kier alpha value is -1.56. The van der Waals surface area contributed by atoms with Gasteiger partial charge in [-0.1, -0.05) is 32.9 Å². The molecule has 6 heteroatoms. The monoisotopic (exact) mass is 281 g/mol. The van der Waals surface area contributed by atoms with E-state index in [1.54, 1.807) is 0 Å². The van der Waals surface area contributed by atoms with Crippen molar-refractivity contribution in [3.8, 4) is 0 Å². The van der Waals surface area contributed by atoms with Crippen LogP contribution >= 0.6 is 0 Å². The van der Waals surface area contributed by atoms with Crippen molar-refractivity contribution in [2.75, 3.05) is 10.5 Å². The number of hydrogen-bond donors (Lipinski definition) is 2. The van der Waals surface area contributed by atoms with Gasteiger partial charge >= 0.3 is 0 Å². The third-order valence-electron chi connectivity index (χ3n) is 2.84. The van der Waals surface area contributed by atoms with Crippen LogP contribution in [-0.2, 0) is 10.0 Å². The molecule has 0 spiro atoms. The molecular formula is C13H19N3O2S. The molecule has 0 aliphatic carbocycles. The molecule has 1 heterocycles. The molecule has 0 atom stereocenters. The Kier molecular flexibility index (Phi) is 3.54. The van der Waals surface area contributed by atoms with Gasteiger partial charge in [0.2, 0.25) is 10.0 Å². The molecule has 2 rings (SSSR count). The van der Waals surface area contributed by atoms with E-state index in [2.05, 4.69) is 14.9 Å². The first kappa shape index (κ1) is 13.9. The zero-order chi connectivity index (χ0) is 14.1. The van der Waals surface area contributed by atoms with Crippen molar-refractivity contribution >= 4 is 26.7 Å². The van der Waals surface area contributed by atoms with Crippen LogP contribution in [-0.4, -0.2) is 24.4 Å². The Morgan fingerprint density at radius 2 is 1.95 bits per heavy atom. The van der Waals surface area contributed by atoms with E-state index in [0.29, 0.717) is 12.2 Å². The molecular weight excluding hydrogens is 262 g/mol. The molecule has 1 aromatic carbocycles. The third-order valence-corrected chi connectivity index (χ3v) is 4.09. The van der Waals surface area contributed by atoms with Gasteiger partial charge in [-0.2, -0.15) is 5.10 Å². The number of H-pyrrole nitrogens is 1. The molecule has 0 aliphatic heterocycles. The summed E-state index contributed by atoms with van der Waals surface area (Å²) in [7, 11) is -3.36. The minimum absolute atomic E-state index is 0.0115. The summed E-state index contributed by atoms with van der Waals surface area (Å²) in [6.45, 7) is 6.06. The smallest absolute Gasteiger partial charge is 0.233 e. The standard InChI is InChI=1S/C13H19N3O2S/c1-13(2,3)8-9-19(17,18)16-12-10-6-4-5-7-11(10)14-15-12/h4-7H,8-9H2,1-3H3,(H2,14,15,16). The molecule has 0 unspecified atom stereocenters. The molecule has 0 amide bonds. The Bertz CT molecular complexity index is 668. The number of hydrogen-bond acceptors (Lipinski definition) is 3. The third kappa shape index (κ3) is 3.70. The van der Waals surface area contributed by atoms with Crippen molar-refractivity contribution in [2.45, 2.75) is 27.2 Å². The molecule has 2 N–H and O–H groups in total. The molecule has 0 saturated carbocycles. The van der Waals surface area contributed by atoms with E-state index >= 15 is 0 Å². The summed E-state index contributed by atoms with van der Waals surface area (Å²) in [5.41, 5.74) is 0.804. The number of fused-ring (bicyclic) bond motifs is 1. The van der Waals surface area contributed by atoms with E-state index in [-0.39, 0.29) is 11.2 Å². The van der Waals surface area contributed by atoms with Gasteiger partial charge in [-0.05, 0) is 24.0 Å². The van der Waals surface area contributed by atoms with Crippen molar-refractivity contribution in [3.05, 3.63) is 24.3 Å². The predicted octanol–water partition coefficient (Wildman–Crippen LogP) is 2.74. The number of sulfonamides is 1. The summed E-state index contributed by atoms with van der Waals surface area (Å²) in [4.78, 5) is 0. The number of nitrogens with one attached hydrogen (secondary N) is 2. The quantitative estimate of drug-likeness (QED) is 0.904. The van der Waals surface area contributed by atoms with Crippen LogP contribution in [0.4, 0.5) is 5.82 Å². The fourth-order valence-electron chi connectivity index (χ4n) is 1.68. The number of nitrogens with zero attached hydrogens (tertiary/aromatic N) is 1. The first-order chi connectivity index (χ1) is 8.77. The molecule has 0 radical (unpaired) electrons. The van der Waals surface area contributed by atoms with Crippen LogP contribution < -0.4 is 4.72 Å². The highest BCUT2D eigenvalue weighted by Crippen LogP contribution is 2.23. The number of rotatable bonds is 4. The van der Waals surface area contributed by atoms with E-state index in [0.717, 1.165) is 10.9 Å². The summed E-state index contributed by atoms with van der Waals surface area (Å²) in [6.07, 6.45) is 0.602. The second-order valence-electron chi connectivity index (χ2n) is 5.85. The van der Waals surface area contributed by atoms with Gasteiger partial charge in [0.05, 0.1) is 11.3 Å². The summed E-state index contributed by atoms with van der Waals surface area (Å²) in [5, 5.41) is 7.60. The topological polar surface area (TPSA) is 74.8 Å². The zero-order valence-corrected chi connectivity index (χ0v) is 12.2. The lowest BCUT2D eigenvalue weighted by molar-refractivity contribution is 0.397. The van der Waals surface area contributed by atoms with Crippen LogP contribution in [0.5, 0.6) is 0 Å². The number of aromatic amines is 1. The van der Waals surface area contributed by atoms with Gasteiger partial charge in [-0.15, -0.1) is 0 Å². The fourth-order valence-corrected chi connectivity index (χ4v) is 3.11. The maximum absolute atomic E-state index is 12.0. The van der Waals surface area contributed by atoms with Crippen LogP contribution in [0.15, 0.2) is 24.3 Å². The molecule has 0 saturated heterocycles. The average molecular weight is 281 g/mol. The molecule has 104 valence electrons. The number of para-hydroxylation sites is 1. The van der Waals surface area contributed by atoms with Crippen LogP contribution in [0.2, 0.25) is 0 Å². The van der Waals surface area contributed by atoms with Gasteiger partial charge < -0.3 is 0 Å². The van der Waals surface area contributed by atoms with Gasteiger partial charge in [0.15, 0.2) is 5.82 Å². The molecule has 5 nitrogen and oxygen atoms in total. The summed E-state index contributed by atoms with van der Waals surface area (Å²) >= 11 is 0. The molecule has 19 heavy (non-hydrogen) atoms. The maximum Gasteiger partial charge on any atom is 0.233 e. The SMILES string of the molecule is CC(C)(C)CCS(=O)(=O)Nc1n[nH]c2ccccc12. The normalized spacial score (nSPS) is 12.8. The van der Waals surface area contributed by atoms with Gasteiger partial charge in [0.1, 0.15) is 0 Å². The van der Waals surface area contributed by atoms with Crippen molar-refractivity contribution in [1.29, 1.82) is 0 Å². The minimum atomic E-state index is -3.36. The fraction of sp³-hybridized carbons (Fsp3) is 0.462. The van der Waals surface area contributed by atoms with E-state index in [4.69, 9.17) is 0 Å². The Morgan fingerprint density at radius 3 is 2.63 bits per heavy atom. The summed E-state index contributed by atoms with van der Waals surface area (Å²) < 4.78 is 26.6. The Balaban J connectivity index is 2.16. The molecule has 0 fully saturated rings. The lowest BCUT2D eigenvalue weighted by Gasteiger charge is -2.17. The second-order valence-corrected chi connectivity index (χ2v) is 7.69. The summed E-state index contributed by atoms with van der Waals surface area (Å²) in [6, 6.07) is 7.42. The average Bonchev–Trinajstić information content (AvgIpc) is 2.69. The molecule has 1 aromatic heterocycles. The van der Waals surface area contributed by atoms with Crippen molar-refractivity contribution in [1.82, 2.24) is 10.2 Å². The Morgan fingerprint density at radius 1 is 1.26 bits per heavy atom. The number of benzene rings is 1. The Labute approximate surface area is 113 Å². The van der Waals surface area contributed by atoms with Gasteiger partial charge in [-0.25, -0.2) is 8.42 Å². The predicted molar refractivity (Wildman–Crippen MR) is 77.6 cm³/mol. The van der Waals surface area contributed by atoms with Crippen molar-refractivity contribution in [3.63, 3.8) is 0 Å². The highest BCUT2D eigenvalue weighted by molar-refractivity contribution is 7.92. The van der Waals surface area contributed by atoms with Crippen molar-refractivity contribution < 1.29 is 8.42 Å². The second kappa shape index (κ2) is 4.85. The zero-order valence-electron chi connectivity index (χ0n) is 11.4. The summed E-state index contributed by atoms with van der Waals surface area (Å²) in [5.74, 6) is 0.460. The van der Waals surface area contributed by atoms with E-state index in [1.165, 1.54) is 0 Å². The van der Waals surface area contributed by atoms with Gasteiger partial charge in [0.25, 0.3) is 0 Å². The number of anilines is 1. The maximum atomic E-state index is 12.0. The lowest BCUT2D eigenvalue weighted by atomic mass is 9.94. The number of aromatic nitrogens is 2. The van der Waals surface area contributed by atoms with Crippen LogP contribution in [0.1, 0.15) is 27.2 Å². The first-order valence-corrected chi connectivity index (χ1v) is 7.86. The van der Waals surface area contributed by atoms with Gasteiger partial charge in [-0.3, -0.25) is 9.82 Å². The molecule has 0 bridgehead atoms. The van der Waals surface area contributed by atoms with E-state index < -0.39 is 10.0 Å². The largest absolute Gasteiger partial charge is 0.276 e. The minimum Gasteiger partial charge on any atom is -0.276 e. The van der Waals surface area contributed by atoms with Crippen LogP contribution in [0.3, 0.4) is 0 Å². The highest BCUT2D eigenvalue weighted by Gasteiger charge is 2.19. The lowest BCUT2D eigenvalue weighted by Crippen LogP contribution is -2.21. The first-order valence-electron chi connectivity index (χ1n) is 6.20. The van der Waals surface area contributed by atoms with E-state index in [1.807, 2.05) is 45.0 Å². The van der Waals surface area contributed by atoms with Crippen molar-refractivity contribution in [2.24, 2.45) is 5.41 Å². The van der Waals surface area contributed by atoms with Crippen LogP contribution in [0.25, 0.3) is 10.9 Å². The molecule has 0 aliphatic rings. The highest BCUT2D eigenvalue weighted by atomic mass is 32.2. The van der Waals surface area contributed by atoms with E-state index in [9.17, 15) is 8.42 Å². The molecule has 2 aromatic rings. The van der Waals surface area contributed by atoms with Gasteiger partial charge in [0, 0.05) is 5.39 Å². The van der Waals surface area contributed by atoms with Crippen LogP contribution in [0, 0.1) is 5.41 Å².